The lowest BCUT2D eigenvalue weighted by Gasteiger charge is -2.56. The minimum Gasteiger partial charge on any atom is -0.394 e. The maximum atomic E-state index is 9.50. The molecule has 0 aromatic heterocycles. The van der Waals surface area contributed by atoms with Crippen LogP contribution < -0.4 is 5.73 Å². The maximum Gasteiger partial charge on any atom is 0.359 e. The molecule has 82 valence electrons. The van der Waals surface area contributed by atoms with Gasteiger partial charge in [0.1, 0.15) is 18.3 Å². The second-order valence-electron chi connectivity index (χ2n) is 3.32. The molecule has 0 aromatic rings. The molecule has 0 bridgehead atoms. The van der Waals surface area contributed by atoms with E-state index in [0.29, 0.717) is 0 Å². The van der Waals surface area contributed by atoms with Crippen molar-refractivity contribution in [3.05, 3.63) is 0 Å². The van der Waals surface area contributed by atoms with Crippen molar-refractivity contribution in [2.45, 2.75) is 30.0 Å². The predicted octanol–water partition coefficient (Wildman–Crippen LogP) is -3.64. The fourth-order valence-corrected chi connectivity index (χ4v) is 1.43. The first-order valence-electron chi connectivity index (χ1n) is 3.97. The van der Waals surface area contributed by atoms with Gasteiger partial charge in [0, 0.05) is 0 Å². The van der Waals surface area contributed by atoms with Gasteiger partial charge in [-0.15, -0.1) is 0 Å². The Balaban J connectivity index is 2.25. The molecule has 0 amide bonds. The number of rotatable bonds is 1. The second kappa shape index (κ2) is 2.84. The van der Waals surface area contributed by atoms with Gasteiger partial charge in [0.2, 0.25) is 0 Å². The number of aliphatic hydroxyl groups excluding tert-OH is 3. The molecular weight excluding hydrogens is 198 g/mol. The summed E-state index contributed by atoms with van der Waals surface area (Å²) in [5, 5.41) is 37.1. The van der Waals surface area contributed by atoms with Crippen LogP contribution >= 0.6 is 0 Å². The van der Waals surface area contributed by atoms with Gasteiger partial charge in [-0.3, -0.25) is 5.73 Å². The van der Waals surface area contributed by atoms with E-state index in [4.69, 9.17) is 15.6 Å². The van der Waals surface area contributed by atoms with E-state index in [1.807, 2.05) is 0 Å². The molecule has 2 heterocycles. The van der Waals surface area contributed by atoms with E-state index in [2.05, 4.69) is 9.78 Å². The highest BCUT2D eigenvalue weighted by molar-refractivity contribution is 5.03. The van der Waals surface area contributed by atoms with Crippen molar-refractivity contribution < 1.29 is 34.9 Å². The molecule has 0 unspecified atom stereocenters. The molecule has 2 fully saturated rings. The quantitative estimate of drug-likeness (QED) is 0.279. The van der Waals surface area contributed by atoms with Crippen LogP contribution in [-0.4, -0.2) is 57.0 Å². The monoisotopic (exact) mass is 209 g/mol. The molecule has 0 spiro atoms. The highest BCUT2D eigenvalue weighted by atomic mass is 17.3. The summed E-state index contributed by atoms with van der Waals surface area (Å²) < 4.78 is 4.73. The zero-order valence-electron chi connectivity index (χ0n) is 7.03. The van der Waals surface area contributed by atoms with Gasteiger partial charge in [-0.05, 0) is 0 Å². The first-order valence-corrected chi connectivity index (χ1v) is 3.97. The first-order chi connectivity index (χ1) is 6.44. The van der Waals surface area contributed by atoms with E-state index in [0.717, 1.165) is 0 Å². The van der Waals surface area contributed by atoms with Crippen molar-refractivity contribution in [3.8, 4) is 0 Å². The lowest BCUT2D eigenvalue weighted by Crippen LogP contribution is -2.84. The van der Waals surface area contributed by atoms with Crippen LogP contribution in [0.1, 0.15) is 0 Å². The molecule has 0 aliphatic carbocycles. The number of ether oxygens (including phenoxy) is 1. The number of aliphatic hydroxyl groups is 4. The lowest BCUT2D eigenvalue weighted by atomic mass is 9.91. The summed E-state index contributed by atoms with van der Waals surface area (Å²) in [6, 6.07) is 0. The van der Waals surface area contributed by atoms with Crippen LogP contribution in [0.15, 0.2) is 0 Å². The van der Waals surface area contributed by atoms with Gasteiger partial charge in [-0.2, -0.15) is 9.78 Å². The first kappa shape index (κ1) is 10.2. The number of hydrogen-bond donors (Lipinski definition) is 5. The standard InChI is InChI=1S/C6H11NO7/c7-5-4(10)3(9)2(1-8)12-6(5,11)14-13-5/h2-4,8-11H,1,7H2/t2-,3-,4+,5+,6-/m1/s1. The zero-order chi connectivity index (χ0) is 10.6. The Hall–Kier alpha value is -0.320. The van der Waals surface area contributed by atoms with Crippen molar-refractivity contribution >= 4 is 0 Å². The van der Waals surface area contributed by atoms with E-state index in [1.165, 1.54) is 0 Å². The number of hydrogen-bond acceptors (Lipinski definition) is 8. The van der Waals surface area contributed by atoms with E-state index in [-0.39, 0.29) is 0 Å². The summed E-state index contributed by atoms with van der Waals surface area (Å²) in [7, 11) is 0. The fourth-order valence-electron chi connectivity index (χ4n) is 1.43. The van der Waals surface area contributed by atoms with Crippen molar-refractivity contribution in [1.29, 1.82) is 0 Å². The van der Waals surface area contributed by atoms with Gasteiger partial charge in [0.05, 0.1) is 6.61 Å². The van der Waals surface area contributed by atoms with Crippen LogP contribution in [0.2, 0.25) is 0 Å². The smallest absolute Gasteiger partial charge is 0.359 e. The maximum absolute atomic E-state index is 9.50. The number of nitrogens with two attached hydrogens (primary N) is 1. The minimum atomic E-state index is -2.33. The lowest BCUT2D eigenvalue weighted by molar-refractivity contribution is -0.692. The van der Waals surface area contributed by atoms with Gasteiger partial charge < -0.3 is 25.2 Å². The van der Waals surface area contributed by atoms with E-state index in [9.17, 15) is 15.3 Å². The molecule has 0 radical (unpaired) electrons. The van der Waals surface area contributed by atoms with Gasteiger partial charge in [-0.25, -0.2) is 0 Å². The summed E-state index contributed by atoms with van der Waals surface area (Å²) in [6.45, 7) is -0.597. The molecule has 0 aromatic carbocycles. The molecule has 5 atom stereocenters. The largest absolute Gasteiger partial charge is 0.394 e. The van der Waals surface area contributed by atoms with Gasteiger partial charge >= 0.3 is 5.97 Å². The van der Waals surface area contributed by atoms with E-state index in [1.54, 1.807) is 0 Å². The average molecular weight is 209 g/mol. The molecule has 2 aliphatic heterocycles. The Morgan fingerprint density at radius 1 is 1.29 bits per heavy atom. The third-order valence-electron chi connectivity index (χ3n) is 2.42. The molecule has 6 N–H and O–H groups in total. The third kappa shape index (κ3) is 0.990. The van der Waals surface area contributed by atoms with Crippen LogP contribution in [0.3, 0.4) is 0 Å². The van der Waals surface area contributed by atoms with Gasteiger partial charge in [0.15, 0.2) is 0 Å². The highest BCUT2D eigenvalue weighted by Crippen LogP contribution is 2.44. The van der Waals surface area contributed by atoms with Crippen LogP contribution in [0.4, 0.5) is 0 Å². The molecule has 8 heteroatoms. The van der Waals surface area contributed by atoms with Gasteiger partial charge in [-0.1, -0.05) is 0 Å². The molecule has 2 aliphatic rings. The molecule has 2 rings (SSSR count). The van der Waals surface area contributed by atoms with Crippen LogP contribution in [-0.2, 0) is 14.5 Å². The summed E-state index contributed by atoms with van der Waals surface area (Å²) in [5.74, 6) is -2.33. The molecular formula is C6H11NO7. The van der Waals surface area contributed by atoms with Crippen LogP contribution in [0.25, 0.3) is 0 Å². The molecule has 2 saturated heterocycles. The SMILES string of the molecule is N[C@@]12OO[C@]1(O)O[C@H](CO)[C@@H](O)[C@@H]2O. The van der Waals surface area contributed by atoms with Crippen molar-refractivity contribution in [1.82, 2.24) is 0 Å². The summed E-state index contributed by atoms with van der Waals surface area (Å²) >= 11 is 0. The molecule has 14 heavy (non-hydrogen) atoms. The molecule has 8 nitrogen and oxygen atoms in total. The fraction of sp³-hybridized carbons (Fsp3) is 1.00. The second-order valence-corrected chi connectivity index (χ2v) is 3.32. The molecule has 0 saturated carbocycles. The topological polar surface area (TPSA) is 135 Å². The average Bonchev–Trinajstić information content (AvgIpc) is 2.19. The van der Waals surface area contributed by atoms with Crippen molar-refractivity contribution in [2.75, 3.05) is 6.61 Å². The normalized spacial score (nSPS) is 57.6. The Kier molecular flexibility index (Phi) is 2.07. The highest BCUT2D eigenvalue weighted by Gasteiger charge is 2.73. The van der Waals surface area contributed by atoms with Crippen molar-refractivity contribution in [3.63, 3.8) is 0 Å². The Morgan fingerprint density at radius 3 is 2.36 bits per heavy atom. The Bertz CT molecular complexity index is 250. The third-order valence-corrected chi connectivity index (χ3v) is 2.42. The van der Waals surface area contributed by atoms with E-state index >= 15 is 0 Å². The Morgan fingerprint density at radius 2 is 1.93 bits per heavy atom. The number of fused-ring (bicyclic) bond motifs is 1. The van der Waals surface area contributed by atoms with Gasteiger partial charge in [0.25, 0.3) is 5.72 Å². The van der Waals surface area contributed by atoms with Crippen molar-refractivity contribution in [2.24, 2.45) is 5.73 Å². The predicted molar refractivity (Wildman–Crippen MR) is 38.0 cm³/mol. The summed E-state index contributed by atoms with van der Waals surface area (Å²) in [5.41, 5.74) is 3.35. The minimum absolute atomic E-state index is 0.597. The summed E-state index contributed by atoms with van der Waals surface area (Å²) in [6.07, 6.45) is -4.27. The van der Waals surface area contributed by atoms with E-state index < -0.39 is 36.6 Å². The summed E-state index contributed by atoms with van der Waals surface area (Å²) in [4.78, 5) is 8.51. The van der Waals surface area contributed by atoms with Crippen LogP contribution in [0, 0.1) is 0 Å². The zero-order valence-corrected chi connectivity index (χ0v) is 7.03. The Labute approximate surface area is 78.3 Å². The van der Waals surface area contributed by atoms with Crippen LogP contribution in [0.5, 0.6) is 0 Å².